The lowest BCUT2D eigenvalue weighted by atomic mass is 9.37. The Balaban J connectivity index is 1.52. The van der Waals surface area contributed by atoms with Crippen molar-refractivity contribution in [3.05, 3.63) is 36.3 Å². The van der Waals surface area contributed by atoms with Crippen LogP contribution >= 0.6 is 0 Å². The summed E-state index contributed by atoms with van der Waals surface area (Å²) in [7, 11) is 0. The highest BCUT2D eigenvalue weighted by molar-refractivity contribution is 5.96. The highest BCUT2D eigenvalue weighted by Crippen LogP contribution is 2.77. The minimum Gasteiger partial charge on any atom is -0.472 e. The molecule has 1 aliphatic heterocycles. The van der Waals surface area contributed by atoms with Crippen molar-refractivity contribution >= 4 is 11.8 Å². The quantitative estimate of drug-likeness (QED) is 0.569. The van der Waals surface area contributed by atoms with E-state index >= 15 is 0 Å². The van der Waals surface area contributed by atoms with E-state index in [1.807, 2.05) is 20.1 Å². The van der Waals surface area contributed by atoms with E-state index in [1.54, 1.807) is 12.3 Å². The Morgan fingerprint density at radius 3 is 2.58 bits per heavy atom. The van der Waals surface area contributed by atoms with E-state index in [0.29, 0.717) is 17.8 Å². The number of hydrogen-bond donors (Lipinski definition) is 0. The minimum absolute atomic E-state index is 0.0994. The van der Waals surface area contributed by atoms with Gasteiger partial charge in [-0.2, -0.15) is 0 Å². The molecule has 5 aliphatic rings. The normalized spacial score (nSPS) is 51.2. The van der Waals surface area contributed by atoms with Crippen LogP contribution in [0.15, 0.2) is 35.2 Å². The number of carbonyl (C=O) groups excluding carboxylic acids is 2. The maximum atomic E-state index is 13.1. The van der Waals surface area contributed by atoms with Gasteiger partial charge in [-0.25, -0.2) is 0 Å². The van der Waals surface area contributed by atoms with Crippen molar-refractivity contribution in [3.8, 4) is 0 Å². The lowest BCUT2D eigenvalue weighted by molar-refractivity contribution is -0.234. The number of allylic oxidation sites excluding steroid dienone is 2. The third-order valence-corrected chi connectivity index (χ3v) is 11.0. The van der Waals surface area contributed by atoms with Crippen LogP contribution in [0.5, 0.6) is 0 Å². The number of ketones is 1. The summed E-state index contributed by atoms with van der Waals surface area (Å²) in [4.78, 5) is 25.4. The molecule has 0 unspecified atom stereocenters. The van der Waals surface area contributed by atoms with E-state index in [9.17, 15) is 9.59 Å². The molecule has 0 N–H and O–H groups in total. The standard InChI is InChI=1S/C28H36O5/c1-15(29)32-21-23-25(2,3)20(30)8-11-27(23,5)19-7-10-26(4)17(16-9-12-31-14-16)13-18-22(26)28(19,6)24(21)33-18/h8-9,11-12,14,17-19,21-24H,7,10,13H2,1-6H3/t17-,18+,19-,21+,22+,23-,24+,26-,27+,28+/m0/s1. The van der Waals surface area contributed by atoms with Crippen molar-refractivity contribution in [1.29, 1.82) is 0 Å². The number of rotatable bonds is 2. The summed E-state index contributed by atoms with van der Waals surface area (Å²) in [6, 6.07) is 2.11. The fourth-order valence-electron chi connectivity index (χ4n) is 10.0. The zero-order valence-corrected chi connectivity index (χ0v) is 20.6. The summed E-state index contributed by atoms with van der Waals surface area (Å²) in [6.45, 7) is 12.7. The fourth-order valence-corrected chi connectivity index (χ4v) is 10.0. The molecule has 0 aromatic carbocycles. The van der Waals surface area contributed by atoms with Gasteiger partial charge in [-0.1, -0.05) is 40.7 Å². The Labute approximate surface area is 196 Å². The van der Waals surface area contributed by atoms with Gasteiger partial charge >= 0.3 is 5.97 Å². The Hall–Kier alpha value is -1.88. The number of ether oxygens (including phenoxy) is 2. The van der Waals surface area contributed by atoms with Crippen LogP contribution in [-0.4, -0.2) is 30.1 Å². The summed E-state index contributed by atoms with van der Waals surface area (Å²) >= 11 is 0. The van der Waals surface area contributed by atoms with Gasteiger partial charge < -0.3 is 13.9 Å². The second-order valence-corrected chi connectivity index (χ2v) is 12.7. The van der Waals surface area contributed by atoms with Crippen molar-refractivity contribution in [3.63, 3.8) is 0 Å². The van der Waals surface area contributed by atoms with Gasteiger partial charge in [0.05, 0.1) is 18.6 Å². The maximum Gasteiger partial charge on any atom is 0.303 e. The number of carbonyl (C=O) groups is 2. The summed E-state index contributed by atoms with van der Waals surface area (Å²) < 4.78 is 18.6. The first-order valence-corrected chi connectivity index (χ1v) is 12.5. The minimum atomic E-state index is -0.619. The average molecular weight is 453 g/mol. The molecule has 0 radical (unpaired) electrons. The van der Waals surface area contributed by atoms with Crippen molar-refractivity contribution in [2.24, 2.45) is 39.4 Å². The molecule has 10 atom stereocenters. The molecule has 1 saturated heterocycles. The highest BCUT2D eigenvalue weighted by Gasteiger charge is 2.78. The topological polar surface area (TPSA) is 65.7 Å². The molecule has 33 heavy (non-hydrogen) atoms. The van der Waals surface area contributed by atoms with Crippen LogP contribution in [-0.2, 0) is 19.1 Å². The fraction of sp³-hybridized carbons (Fsp3) is 0.714. The average Bonchev–Trinajstić information content (AvgIpc) is 3.40. The van der Waals surface area contributed by atoms with Crippen molar-refractivity contribution in [2.45, 2.75) is 85.0 Å². The molecule has 3 saturated carbocycles. The van der Waals surface area contributed by atoms with Crippen LogP contribution in [0.3, 0.4) is 0 Å². The number of hydrogen-bond acceptors (Lipinski definition) is 5. The van der Waals surface area contributed by atoms with Crippen LogP contribution < -0.4 is 0 Å². The first-order valence-electron chi connectivity index (χ1n) is 12.5. The van der Waals surface area contributed by atoms with Gasteiger partial charge in [0, 0.05) is 23.7 Å². The lowest BCUT2D eigenvalue weighted by Gasteiger charge is -2.67. The molecular weight excluding hydrogens is 416 g/mol. The second kappa shape index (κ2) is 6.41. The third kappa shape index (κ3) is 2.42. The van der Waals surface area contributed by atoms with E-state index < -0.39 is 11.5 Å². The van der Waals surface area contributed by atoms with Gasteiger partial charge in [-0.3, -0.25) is 9.59 Å². The summed E-state index contributed by atoms with van der Waals surface area (Å²) in [5.74, 6) is 0.854. The van der Waals surface area contributed by atoms with Crippen LogP contribution in [0.1, 0.15) is 72.3 Å². The first kappa shape index (κ1) is 21.6. The van der Waals surface area contributed by atoms with Gasteiger partial charge in [-0.05, 0) is 65.6 Å². The predicted octanol–water partition coefficient (Wildman–Crippen LogP) is 5.31. The second-order valence-electron chi connectivity index (χ2n) is 12.7. The van der Waals surface area contributed by atoms with Gasteiger partial charge in [0.15, 0.2) is 5.78 Å². The molecule has 0 spiro atoms. The van der Waals surface area contributed by atoms with Crippen molar-refractivity contribution in [2.75, 3.05) is 0 Å². The molecule has 5 nitrogen and oxygen atoms in total. The van der Waals surface area contributed by atoms with Crippen LogP contribution in [0, 0.1) is 39.4 Å². The number of fused-ring (bicyclic) bond motifs is 2. The zero-order chi connectivity index (χ0) is 23.6. The molecule has 2 heterocycles. The largest absolute Gasteiger partial charge is 0.472 e. The molecule has 0 amide bonds. The molecule has 4 fully saturated rings. The van der Waals surface area contributed by atoms with Gasteiger partial charge in [0.2, 0.25) is 0 Å². The zero-order valence-electron chi connectivity index (χ0n) is 20.6. The smallest absolute Gasteiger partial charge is 0.303 e. The first-order chi connectivity index (χ1) is 15.5. The van der Waals surface area contributed by atoms with E-state index in [4.69, 9.17) is 13.9 Å². The third-order valence-electron chi connectivity index (χ3n) is 11.0. The van der Waals surface area contributed by atoms with E-state index in [1.165, 1.54) is 12.5 Å². The molecule has 0 bridgehead atoms. The molecule has 178 valence electrons. The Morgan fingerprint density at radius 2 is 1.91 bits per heavy atom. The maximum absolute atomic E-state index is 13.1. The lowest BCUT2D eigenvalue weighted by Crippen LogP contribution is -2.69. The Bertz CT molecular complexity index is 1040. The van der Waals surface area contributed by atoms with Crippen molar-refractivity contribution < 1.29 is 23.5 Å². The summed E-state index contributed by atoms with van der Waals surface area (Å²) in [5.41, 5.74) is 0.377. The molecule has 1 aromatic rings. The van der Waals surface area contributed by atoms with Gasteiger partial charge in [0.25, 0.3) is 0 Å². The van der Waals surface area contributed by atoms with E-state index in [2.05, 4.69) is 32.9 Å². The number of esters is 1. The molecule has 4 aliphatic carbocycles. The summed E-state index contributed by atoms with van der Waals surface area (Å²) in [6.07, 6.45) is 10.3. The van der Waals surface area contributed by atoms with Crippen LogP contribution in [0.2, 0.25) is 0 Å². The highest BCUT2D eigenvalue weighted by atomic mass is 16.6. The van der Waals surface area contributed by atoms with Crippen LogP contribution in [0.4, 0.5) is 0 Å². The summed E-state index contributed by atoms with van der Waals surface area (Å²) in [5, 5.41) is 0. The van der Waals surface area contributed by atoms with E-state index in [0.717, 1.165) is 19.3 Å². The predicted molar refractivity (Wildman–Crippen MR) is 122 cm³/mol. The van der Waals surface area contributed by atoms with Gasteiger partial charge in [0.1, 0.15) is 12.2 Å². The monoisotopic (exact) mass is 452 g/mol. The number of furan rings is 1. The Kier molecular flexibility index (Phi) is 4.20. The van der Waals surface area contributed by atoms with Crippen LogP contribution in [0.25, 0.3) is 0 Å². The molecule has 6 rings (SSSR count). The van der Waals surface area contributed by atoms with E-state index in [-0.39, 0.29) is 46.1 Å². The molecule has 5 heteroatoms. The molecular formula is C28H36O5. The molecule has 1 aromatic heterocycles. The van der Waals surface area contributed by atoms with Crippen molar-refractivity contribution in [1.82, 2.24) is 0 Å². The van der Waals surface area contributed by atoms with Gasteiger partial charge in [-0.15, -0.1) is 0 Å². The Morgan fingerprint density at radius 1 is 1.15 bits per heavy atom. The SMILES string of the molecule is CC(=O)O[C@H]1[C@H]2O[C@@H]3C[C@@H](c4ccoc4)[C@]4(C)CC[C@@H]([C@@]5(C)C=CC(=O)C(C)(C)[C@H]15)[C@]2(C)[C@H]34.